The predicted molar refractivity (Wildman–Crippen MR) is 89.3 cm³/mol. The van der Waals surface area contributed by atoms with Crippen LogP contribution in [0.3, 0.4) is 0 Å². The number of carbonyl (C=O) groups excluding carboxylic acids is 2. The molecule has 0 amide bonds. The van der Waals surface area contributed by atoms with Gasteiger partial charge in [0.15, 0.2) is 0 Å². The molecule has 2 aromatic rings. The number of carbonyl (C=O) groups is 2. The normalized spacial score (nSPS) is 10.1. The van der Waals surface area contributed by atoms with Crippen molar-refractivity contribution in [3.63, 3.8) is 0 Å². The minimum Gasteiger partial charge on any atom is -0.466 e. The molecule has 0 aliphatic heterocycles. The van der Waals surface area contributed by atoms with Crippen molar-refractivity contribution < 1.29 is 23.8 Å². The molecule has 0 fully saturated rings. The molecule has 0 unspecified atom stereocenters. The smallest absolute Gasteiger partial charge is 0.338 e. The maximum Gasteiger partial charge on any atom is 0.338 e. The van der Waals surface area contributed by atoms with Gasteiger partial charge in [0.05, 0.1) is 25.2 Å². The van der Waals surface area contributed by atoms with Crippen LogP contribution < -0.4 is 4.74 Å². The molecule has 0 atom stereocenters. The molecular formula is C19H20O5. The first-order chi connectivity index (χ1) is 11.6. The van der Waals surface area contributed by atoms with Gasteiger partial charge in [-0.25, -0.2) is 4.79 Å². The number of hydrogen-bond donors (Lipinski definition) is 0. The molecule has 0 aliphatic carbocycles. The molecule has 0 heterocycles. The highest BCUT2D eigenvalue weighted by molar-refractivity contribution is 5.89. The van der Waals surface area contributed by atoms with E-state index in [9.17, 15) is 9.59 Å². The standard InChI is InChI=1S/C19H20O5/c1-3-22-18(20)13-14-5-9-16(10-6-14)24-17-11-7-15(8-12-17)19(21)23-4-2/h5-12H,3-4,13H2,1-2H3. The van der Waals surface area contributed by atoms with E-state index in [1.165, 1.54) is 0 Å². The van der Waals surface area contributed by atoms with Crippen LogP contribution in [-0.2, 0) is 20.7 Å². The maximum absolute atomic E-state index is 11.6. The van der Waals surface area contributed by atoms with E-state index in [4.69, 9.17) is 14.2 Å². The fraction of sp³-hybridized carbons (Fsp3) is 0.263. The van der Waals surface area contributed by atoms with E-state index < -0.39 is 0 Å². The maximum atomic E-state index is 11.6. The van der Waals surface area contributed by atoms with Gasteiger partial charge in [0.1, 0.15) is 11.5 Å². The summed E-state index contributed by atoms with van der Waals surface area (Å²) < 4.78 is 15.6. The Hall–Kier alpha value is -2.82. The highest BCUT2D eigenvalue weighted by Gasteiger charge is 2.07. The predicted octanol–water partition coefficient (Wildman–Crippen LogP) is 3.76. The number of rotatable bonds is 7. The Kier molecular flexibility index (Phi) is 6.37. The van der Waals surface area contributed by atoms with Crippen LogP contribution in [0.4, 0.5) is 0 Å². The van der Waals surface area contributed by atoms with E-state index in [-0.39, 0.29) is 18.4 Å². The number of hydrogen-bond acceptors (Lipinski definition) is 5. The lowest BCUT2D eigenvalue weighted by Crippen LogP contribution is -2.07. The number of esters is 2. The highest BCUT2D eigenvalue weighted by atomic mass is 16.5. The summed E-state index contributed by atoms with van der Waals surface area (Å²) in [6, 6.07) is 13.9. The van der Waals surface area contributed by atoms with Gasteiger partial charge >= 0.3 is 11.9 Å². The van der Waals surface area contributed by atoms with Crippen LogP contribution in [0, 0.1) is 0 Å². The Morgan fingerprint density at radius 2 is 1.33 bits per heavy atom. The van der Waals surface area contributed by atoms with E-state index in [2.05, 4.69) is 0 Å². The molecule has 126 valence electrons. The minimum absolute atomic E-state index is 0.238. The average Bonchev–Trinajstić information content (AvgIpc) is 2.58. The molecule has 5 heteroatoms. The molecule has 0 saturated carbocycles. The summed E-state index contributed by atoms with van der Waals surface area (Å²) in [5, 5.41) is 0. The van der Waals surface area contributed by atoms with Gasteiger partial charge in [-0.2, -0.15) is 0 Å². The van der Waals surface area contributed by atoms with Crippen molar-refractivity contribution in [1.82, 2.24) is 0 Å². The van der Waals surface area contributed by atoms with Gasteiger partial charge < -0.3 is 14.2 Å². The minimum atomic E-state index is -0.354. The van der Waals surface area contributed by atoms with Gasteiger partial charge in [0, 0.05) is 0 Å². The zero-order valence-electron chi connectivity index (χ0n) is 13.8. The topological polar surface area (TPSA) is 61.8 Å². The van der Waals surface area contributed by atoms with Crippen molar-refractivity contribution in [2.75, 3.05) is 13.2 Å². The van der Waals surface area contributed by atoms with Crippen molar-refractivity contribution >= 4 is 11.9 Å². The second kappa shape index (κ2) is 8.72. The van der Waals surface area contributed by atoms with Gasteiger partial charge in [-0.1, -0.05) is 12.1 Å². The van der Waals surface area contributed by atoms with Crippen molar-refractivity contribution in [3.8, 4) is 11.5 Å². The Balaban J connectivity index is 1.96. The second-order valence-corrected chi connectivity index (χ2v) is 4.97. The van der Waals surface area contributed by atoms with Crippen molar-refractivity contribution in [3.05, 3.63) is 59.7 Å². The van der Waals surface area contributed by atoms with Gasteiger partial charge in [0.2, 0.25) is 0 Å². The molecule has 0 aromatic heterocycles. The fourth-order valence-corrected chi connectivity index (χ4v) is 2.06. The number of ether oxygens (including phenoxy) is 3. The van der Waals surface area contributed by atoms with E-state index in [0.29, 0.717) is 30.3 Å². The molecule has 0 radical (unpaired) electrons. The molecule has 0 bridgehead atoms. The van der Waals surface area contributed by atoms with Gasteiger partial charge in [-0.15, -0.1) is 0 Å². The van der Waals surface area contributed by atoms with E-state index in [0.717, 1.165) is 5.56 Å². The van der Waals surface area contributed by atoms with Crippen LogP contribution >= 0.6 is 0 Å². The summed E-state index contributed by atoms with van der Waals surface area (Å²) in [5.41, 5.74) is 1.34. The highest BCUT2D eigenvalue weighted by Crippen LogP contribution is 2.22. The summed E-state index contributed by atoms with van der Waals surface area (Å²) in [7, 11) is 0. The molecule has 0 aliphatic rings. The van der Waals surface area contributed by atoms with Crippen LogP contribution in [0.15, 0.2) is 48.5 Å². The lowest BCUT2D eigenvalue weighted by molar-refractivity contribution is -0.142. The summed E-state index contributed by atoms with van der Waals surface area (Å²) in [5.74, 6) is 0.653. The summed E-state index contributed by atoms with van der Waals surface area (Å²) >= 11 is 0. The Labute approximate surface area is 141 Å². The zero-order valence-corrected chi connectivity index (χ0v) is 13.8. The monoisotopic (exact) mass is 328 g/mol. The first-order valence-electron chi connectivity index (χ1n) is 7.82. The molecule has 2 aromatic carbocycles. The van der Waals surface area contributed by atoms with Crippen molar-refractivity contribution in [2.24, 2.45) is 0 Å². The lowest BCUT2D eigenvalue weighted by Gasteiger charge is -2.08. The Bertz CT molecular complexity index is 674. The van der Waals surface area contributed by atoms with Crippen molar-refractivity contribution in [1.29, 1.82) is 0 Å². The largest absolute Gasteiger partial charge is 0.466 e. The van der Waals surface area contributed by atoms with Crippen LogP contribution in [-0.4, -0.2) is 25.2 Å². The molecular weight excluding hydrogens is 308 g/mol. The van der Waals surface area contributed by atoms with Gasteiger partial charge in [-0.05, 0) is 55.8 Å². The molecule has 24 heavy (non-hydrogen) atoms. The van der Waals surface area contributed by atoms with Crippen LogP contribution in [0.25, 0.3) is 0 Å². The van der Waals surface area contributed by atoms with E-state index >= 15 is 0 Å². The summed E-state index contributed by atoms with van der Waals surface area (Å²) in [4.78, 5) is 23.0. The summed E-state index contributed by atoms with van der Waals surface area (Å²) in [6.07, 6.45) is 0.238. The van der Waals surface area contributed by atoms with Crippen LogP contribution in [0.5, 0.6) is 11.5 Å². The SMILES string of the molecule is CCOC(=O)Cc1ccc(Oc2ccc(C(=O)OCC)cc2)cc1. The molecule has 0 spiro atoms. The van der Waals surface area contributed by atoms with Gasteiger partial charge in [0.25, 0.3) is 0 Å². The average molecular weight is 328 g/mol. The lowest BCUT2D eigenvalue weighted by atomic mass is 10.1. The third-order valence-corrected chi connectivity index (χ3v) is 3.18. The number of benzene rings is 2. The Morgan fingerprint density at radius 3 is 1.88 bits per heavy atom. The first-order valence-corrected chi connectivity index (χ1v) is 7.82. The quantitative estimate of drug-likeness (QED) is 0.724. The molecule has 0 N–H and O–H groups in total. The third-order valence-electron chi connectivity index (χ3n) is 3.18. The zero-order chi connectivity index (χ0) is 17.4. The van der Waals surface area contributed by atoms with E-state index in [1.807, 2.05) is 12.1 Å². The van der Waals surface area contributed by atoms with Gasteiger partial charge in [-0.3, -0.25) is 4.79 Å². The molecule has 5 nitrogen and oxygen atoms in total. The first kappa shape index (κ1) is 17.5. The van der Waals surface area contributed by atoms with Crippen LogP contribution in [0.2, 0.25) is 0 Å². The fourth-order valence-electron chi connectivity index (χ4n) is 2.06. The molecule has 0 saturated heterocycles. The summed E-state index contributed by atoms with van der Waals surface area (Å²) in [6.45, 7) is 4.26. The van der Waals surface area contributed by atoms with Crippen molar-refractivity contribution in [2.45, 2.75) is 20.3 Å². The third kappa shape index (κ3) is 5.12. The second-order valence-electron chi connectivity index (χ2n) is 4.97. The molecule has 2 rings (SSSR count). The van der Waals surface area contributed by atoms with E-state index in [1.54, 1.807) is 50.2 Å². The Morgan fingerprint density at radius 1 is 0.792 bits per heavy atom. The van der Waals surface area contributed by atoms with Crippen LogP contribution in [0.1, 0.15) is 29.8 Å².